The molecule has 1 amide bonds. The quantitative estimate of drug-likeness (QED) is 0.874. The molecule has 1 saturated carbocycles. The second kappa shape index (κ2) is 5.53. The number of aromatic nitrogens is 3. The zero-order valence-corrected chi connectivity index (χ0v) is 12.9. The van der Waals surface area contributed by atoms with Crippen LogP contribution in [-0.2, 0) is 0 Å². The van der Waals surface area contributed by atoms with Crippen LogP contribution in [0, 0.1) is 12.8 Å². The zero-order chi connectivity index (χ0) is 15.7. The van der Waals surface area contributed by atoms with E-state index in [4.69, 9.17) is 5.73 Å². The Labute approximate surface area is 129 Å². The minimum absolute atomic E-state index is 0.223. The maximum Gasteiger partial charge on any atom is 0.273 e. The lowest BCUT2D eigenvalue weighted by Crippen LogP contribution is -2.53. The number of carbonyl (C=O) groups is 1. The van der Waals surface area contributed by atoms with Gasteiger partial charge in [0, 0.05) is 6.54 Å². The van der Waals surface area contributed by atoms with E-state index in [0.29, 0.717) is 18.2 Å². The van der Waals surface area contributed by atoms with Crippen molar-refractivity contribution >= 4 is 5.91 Å². The van der Waals surface area contributed by atoms with Crippen LogP contribution in [0.1, 0.15) is 35.8 Å². The van der Waals surface area contributed by atoms with Gasteiger partial charge in [-0.25, -0.2) is 4.68 Å². The summed E-state index contributed by atoms with van der Waals surface area (Å²) in [5, 5.41) is 11.0. The summed E-state index contributed by atoms with van der Waals surface area (Å²) in [6.45, 7) is 4.43. The minimum atomic E-state index is -0.357. The van der Waals surface area contributed by atoms with Gasteiger partial charge in [0.05, 0.1) is 17.4 Å². The van der Waals surface area contributed by atoms with Crippen LogP contribution < -0.4 is 11.1 Å². The van der Waals surface area contributed by atoms with Crippen molar-refractivity contribution in [2.45, 2.75) is 32.2 Å². The summed E-state index contributed by atoms with van der Waals surface area (Å²) in [7, 11) is 0. The molecule has 0 radical (unpaired) electrons. The van der Waals surface area contributed by atoms with Gasteiger partial charge in [-0.15, -0.1) is 5.10 Å². The van der Waals surface area contributed by atoms with Crippen LogP contribution in [0.3, 0.4) is 0 Å². The Balaban J connectivity index is 1.77. The molecule has 3 rings (SSSR count). The number of hydrogen-bond donors (Lipinski definition) is 2. The van der Waals surface area contributed by atoms with Gasteiger partial charge in [0.1, 0.15) is 0 Å². The van der Waals surface area contributed by atoms with Gasteiger partial charge in [-0.3, -0.25) is 4.79 Å². The van der Waals surface area contributed by atoms with Crippen LogP contribution in [-0.4, -0.2) is 33.0 Å². The summed E-state index contributed by atoms with van der Waals surface area (Å²) in [6, 6.07) is 7.88. The Bertz CT molecular complexity index is 691. The average Bonchev–Trinajstić information content (AvgIpc) is 3.25. The van der Waals surface area contributed by atoms with Crippen LogP contribution in [0.15, 0.2) is 30.5 Å². The summed E-state index contributed by atoms with van der Waals surface area (Å²) in [5.74, 6) is 0.243. The van der Waals surface area contributed by atoms with Crippen molar-refractivity contribution in [1.29, 1.82) is 0 Å². The van der Waals surface area contributed by atoms with E-state index in [1.165, 1.54) is 0 Å². The number of amides is 1. The molecule has 2 aromatic rings. The topological polar surface area (TPSA) is 85.8 Å². The largest absolute Gasteiger partial charge is 0.344 e. The molecule has 6 heteroatoms. The third kappa shape index (κ3) is 2.87. The summed E-state index contributed by atoms with van der Waals surface area (Å²) in [4.78, 5) is 12.4. The number of carbonyl (C=O) groups excluding carboxylic acids is 1. The van der Waals surface area contributed by atoms with Gasteiger partial charge >= 0.3 is 0 Å². The van der Waals surface area contributed by atoms with E-state index in [-0.39, 0.29) is 11.4 Å². The Hall–Kier alpha value is -2.21. The van der Waals surface area contributed by atoms with Gasteiger partial charge < -0.3 is 11.1 Å². The second-order valence-electron chi connectivity index (χ2n) is 6.24. The fourth-order valence-corrected chi connectivity index (χ4v) is 2.63. The fourth-order valence-electron chi connectivity index (χ4n) is 2.63. The highest BCUT2D eigenvalue weighted by atomic mass is 16.2. The summed E-state index contributed by atoms with van der Waals surface area (Å²) in [5.41, 5.74) is 7.79. The SMILES string of the molecule is Cc1cccc(-n2cc(C(=O)NC(C)(CN)C3CC3)nn2)c1. The lowest BCUT2D eigenvalue weighted by Gasteiger charge is -2.28. The summed E-state index contributed by atoms with van der Waals surface area (Å²) in [6.07, 6.45) is 3.88. The first-order chi connectivity index (χ1) is 10.5. The number of aryl methyl sites for hydroxylation is 1. The van der Waals surface area contributed by atoms with Gasteiger partial charge in [-0.1, -0.05) is 17.3 Å². The molecule has 22 heavy (non-hydrogen) atoms. The van der Waals surface area contributed by atoms with E-state index >= 15 is 0 Å². The van der Waals surface area contributed by atoms with E-state index in [2.05, 4.69) is 15.6 Å². The highest BCUT2D eigenvalue weighted by Gasteiger charge is 2.41. The molecule has 1 heterocycles. The summed E-state index contributed by atoms with van der Waals surface area (Å²) < 4.78 is 1.61. The second-order valence-corrected chi connectivity index (χ2v) is 6.24. The summed E-state index contributed by atoms with van der Waals surface area (Å²) >= 11 is 0. The van der Waals surface area contributed by atoms with Gasteiger partial charge in [0.2, 0.25) is 0 Å². The lowest BCUT2D eigenvalue weighted by atomic mass is 9.96. The van der Waals surface area contributed by atoms with Crippen LogP contribution >= 0.6 is 0 Å². The normalized spacial score (nSPS) is 17.0. The molecule has 1 aliphatic carbocycles. The van der Waals surface area contributed by atoms with Gasteiger partial charge in [-0.2, -0.15) is 0 Å². The van der Waals surface area contributed by atoms with Gasteiger partial charge in [0.25, 0.3) is 5.91 Å². The van der Waals surface area contributed by atoms with E-state index in [1.807, 2.05) is 38.1 Å². The fraction of sp³-hybridized carbons (Fsp3) is 0.438. The molecule has 116 valence electrons. The molecule has 0 aliphatic heterocycles. The molecule has 3 N–H and O–H groups in total. The number of rotatable bonds is 5. The van der Waals surface area contributed by atoms with Crippen molar-refractivity contribution in [3.8, 4) is 5.69 Å². The maximum absolute atomic E-state index is 12.4. The smallest absolute Gasteiger partial charge is 0.273 e. The lowest BCUT2D eigenvalue weighted by molar-refractivity contribution is 0.0892. The standard InChI is InChI=1S/C16H21N5O/c1-11-4-3-5-13(8-11)21-9-14(19-20-21)15(22)18-16(2,10-17)12-6-7-12/h3-5,8-9,12H,6-7,10,17H2,1-2H3,(H,18,22). The van der Waals surface area contributed by atoms with Crippen molar-refractivity contribution in [2.24, 2.45) is 11.7 Å². The van der Waals surface area contributed by atoms with E-state index in [0.717, 1.165) is 24.1 Å². The molecule has 0 bridgehead atoms. The number of hydrogen-bond acceptors (Lipinski definition) is 4. The first-order valence-corrected chi connectivity index (χ1v) is 7.54. The third-order valence-corrected chi connectivity index (χ3v) is 4.29. The monoisotopic (exact) mass is 299 g/mol. The van der Waals surface area contributed by atoms with E-state index < -0.39 is 0 Å². The molecule has 1 fully saturated rings. The molecule has 1 aliphatic rings. The Kier molecular flexibility index (Phi) is 3.70. The van der Waals surface area contributed by atoms with Crippen LogP contribution in [0.5, 0.6) is 0 Å². The van der Waals surface area contributed by atoms with Crippen LogP contribution in [0.2, 0.25) is 0 Å². The van der Waals surface area contributed by atoms with Crippen molar-refractivity contribution in [3.63, 3.8) is 0 Å². The molecule has 1 aromatic carbocycles. The number of benzene rings is 1. The molecule has 1 atom stereocenters. The Morgan fingerprint density at radius 1 is 1.50 bits per heavy atom. The Morgan fingerprint density at radius 3 is 2.91 bits per heavy atom. The van der Waals surface area contributed by atoms with Gasteiger partial charge in [-0.05, 0) is 50.3 Å². The van der Waals surface area contributed by atoms with Crippen LogP contribution in [0.4, 0.5) is 0 Å². The molecular formula is C16H21N5O. The predicted octanol–water partition coefficient (Wildman–Crippen LogP) is 1.43. The van der Waals surface area contributed by atoms with E-state index in [9.17, 15) is 4.79 Å². The van der Waals surface area contributed by atoms with Crippen molar-refractivity contribution in [2.75, 3.05) is 6.54 Å². The van der Waals surface area contributed by atoms with Gasteiger partial charge in [0.15, 0.2) is 5.69 Å². The molecule has 1 unspecified atom stereocenters. The van der Waals surface area contributed by atoms with Crippen LogP contribution in [0.25, 0.3) is 5.69 Å². The highest BCUT2D eigenvalue weighted by Crippen LogP contribution is 2.39. The first kappa shape index (κ1) is 14.7. The molecule has 0 spiro atoms. The van der Waals surface area contributed by atoms with Crippen molar-refractivity contribution in [1.82, 2.24) is 20.3 Å². The highest BCUT2D eigenvalue weighted by molar-refractivity contribution is 5.92. The zero-order valence-electron chi connectivity index (χ0n) is 12.9. The first-order valence-electron chi connectivity index (χ1n) is 7.54. The number of nitrogens with two attached hydrogens (primary N) is 1. The average molecular weight is 299 g/mol. The third-order valence-electron chi connectivity index (χ3n) is 4.29. The maximum atomic E-state index is 12.4. The molecule has 0 saturated heterocycles. The molecule has 6 nitrogen and oxygen atoms in total. The Morgan fingerprint density at radius 2 is 2.27 bits per heavy atom. The predicted molar refractivity (Wildman–Crippen MR) is 83.7 cm³/mol. The molecular weight excluding hydrogens is 278 g/mol. The minimum Gasteiger partial charge on any atom is -0.344 e. The number of nitrogens with zero attached hydrogens (tertiary/aromatic N) is 3. The molecule has 1 aromatic heterocycles. The number of nitrogens with one attached hydrogen (secondary N) is 1. The van der Waals surface area contributed by atoms with Crippen molar-refractivity contribution in [3.05, 3.63) is 41.7 Å². The van der Waals surface area contributed by atoms with Crippen molar-refractivity contribution < 1.29 is 4.79 Å². The van der Waals surface area contributed by atoms with E-state index in [1.54, 1.807) is 10.9 Å².